The first-order chi connectivity index (χ1) is 8.49. The van der Waals surface area contributed by atoms with Crippen molar-refractivity contribution in [1.82, 2.24) is 15.1 Å². The Kier molecular flexibility index (Phi) is 4.01. The van der Waals surface area contributed by atoms with Gasteiger partial charge in [0.05, 0.1) is 5.37 Å². The number of carbonyl (C=O) groups is 2. The van der Waals surface area contributed by atoms with E-state index in [4.69, 9.17) is 5.11 Å². The highest BCUT2D eigenvalue weighted by atomic mass is 32.2. The number of amides is 2. The van der Waals surface area contributed by atoms with E-state index in [1.165, 1.54) is 16.7 Å². The van der Waals surface area contributed by atoms with Crippen LogP contribution in [0.1, 0.15) is 13.3 Å². The number of nitrogens with zero attached hydrogens (tertiary/aromatic N) is 2. The highest BCUT2D eigenvalue weighted by molar-refractivity contribution is 8.00. The molecule has 2 amide bonds. The van der Waals surface area contributed by atoms with Gasteiger partial charge in [-0.25, -0.2) is 9.59 Å². The molecule has 7 heteroatoms. The molecule has 0 aromatic heterocycles. The molecule has 2 aliphatic heterocycles. The van der Waals surface area contributed by atoms with Crippen LogP contribution in [0.5, 0.6) is 0 Å². The van der Waals surface area contributed by atoms with E-state index in [0.717, 1.165) is 19.5 Å². The fourth-order valence-corrected chi connectivity index (χ4v) is 3.61. The molecule has 0 spiro atoms. The molecular formula is C11H19N3O3S. The smallest absolute Gasteiger partial charge is 0.327 e. The molecule has 2 fully saturated rings. The monoisotopic (exact) mass is 273 g/mol. The number of hydrogen-bond acceptors (Lipinski definition) is 4. The Morgan fingerprint density at radius 3 is 2.72 bits per heavy atom. The van der Waals surface area contributed by atoms with Crippen molar-refractivity contribution in [3.8, 4) is 0 Å². The van der Waals surface area contributed by atoms with Crippen molar-refractivity contribution < 1.29 is 14.7 Å². The number of urea groups is 1. The second-order valence-electron chi connectivity index (χ2n) is 4.89. The third kappa shape index (κ3) is 2.72. The van der Waals surface area contributed by atoms with E-state index in [0.29, 0.717) is 5.75 Å². The molecule has 2 saturated heterocycles. The Hall–Kier alpha value is -0.950. The molecule has 6 nitrogen and oxygen atoms in total. The van der Waals surface area contributed by atoms with Crippen molar-refractivity contribution in [3.05, 3.63) is 0 Å². The first-order valence-electron chi connectivity index (χ1n) is 6.11. The maximum Gasteiger partial charge on any atom is 0.327 e. The van der Waals surface area contributed by atoms with E-state index in [1.807, 2.05) is 14.0 Å². The van der Waals surface area contributed by atoms with Crippen LogP contribution in [-0.2, 0) is 4.79 Å². The summed E-state index contributed by atoms with van der Waals surface area (Å²) in [7, 11) is 2.01. The van der Waals surface area contributed by atoms with Crippen LogP contribution < -0.4 is 5.32 Å². The van der Waals surface area contributed by atoms with E-state index in [9.17, 15) is 9.59 Å². The summed E-state index contributed by atoms with van der Waals surface area (Å²) in [4.78, 5) is 26.9. The molecule has 2 aliphatic rings. The molecule has 0 saturated carbocycles. The normalized spacial score (nSPS) is 32.8. The largest absolute Gasteiger partial charge is 0.480 e. The fraction of sp³-hybridized carbons (Fsp3) is 0.818. The average Bonchev–Trinajstić information content (AvgIpc) is 2.85. The lowest BCUT2D eigenvalue weighted by Crippen LogP contribution is -2.52. The van der Waals surface area contributed by atoms with Gasteiger partial charge in [0.25, 0.3) is 0 Å². The summed E-state index contributed by atoms with van der Waals surface area (Å²) in [5.74, 6) is -0.459. The molecule has 2 rings (SSSR count). The Balaban J connectivity index is 1.96. The summed E-state index contributed by atoms with van der Waals surface area (Å²) in [6.45, 7) is 3.67. The topological polar surface area (TPSA) is 72.9 Å². The Bertz CT molecular complexity index is 352. The van der Waals surface area contributed by atoms with Crippen molar-refractivity contribution in [2.75, 3.05) is 25.9 Å². The van der Waals surface area contributed by atoms with Gasteiger partial charge in [-0.15, -0.1) is 11.8 Å². The lowest BCUT2D eigenvalue weighted by Gasteiger charge is -2.27. The van der Waals surface area contributed by atoms with Crippen molar-refractivity contribution in [3.63, 3.8) is 0 Å². The maximum atomic E-state index is 12.2. The summed E-state index contributed by atoms with van der Waals surface area (Å²) in [6, 6.07) is -0.820. The van der Waals surface area contributed by atoms with E-state index < -0.39 is 12.0 Å². The molecule has 18 heavy (non-hydrogen) atoms. The van der Waals surface area contributed by atoms with Gasteiger partial charge in [0.15, 0.2) is 0 Å². The van der Waals surface area contributed by atoms with E-state index in [-0.39, 0.29) is 17.4 Å². The number of carboxylic acid groups (broad SMARTS) is 1. The molecule has 0 radical (unpaired) electrons. The lowest BCUT2D eigenvalue weighted by atomic mass is 10.2. The minimum absolute atomic E-state index is 0.0785. The van der Waals surface area contributed by atoms with Crippen LogP contribution in [0.25, 0.3) is 0 Å². The zero-order valence-corrected chi connectivity index (χ0v) is 11.4. The average molecular weight is 273 g/mol. The Labute approximate surface area is 111 Å². The van der Waals surface area contributed by atoms with Gasteiger partial charge >= 0.3 is 12.0 Å². The fourth-order valence-electron chi connectivity index (χ4n) is 2.44. The number of thioether (sulfide) groups is 1. The molecule has 0 aliphatic carbocycles. The van der Waals surface area contributed by atoms with Crippen LogP contribution in [-0.4, -0.2) is 70.3 Å². The minimum atomic E-state index is -0.925. The molecular weight excluding hydrogens is 254 g/mol. The Morgan fingerprint density at radius 2 is 2.17 bits per heavy atom. The third-order valence-corrected chi connectivity index (χ3v) is 4.68. The van der Waals surface area contributed by atoms with Crippen LogP contribution in [0.15, 0.2) is 0 Å². The maximum absolute atomic E-state index is 12.2. The van der Waals surface area contributed by atoms with Crippen LogP contribution in [0, 0.1) is 0 Å². The zero-order chi connectivity index (χ0) is 13.3. The first-order valence-corrected chi connectivity index (χ1v) is 7.15. The first kappa shape index (κ1) is 13.5. The van der Waals surface area contributed by atoms with Gasteiger partial charge in [0.2, 0.25) is 0 Å². The number of carboxylic acids is 1. The van der Waals surface area contributed by atoms with Crippen LogP contribution >= 0.6 is 11.8 Å². The summed E-state index contributed by atoms with van der Waals surface area (Å²) in [5.41, 5.74) is 0. The lowest BCUT2D eigenvalue weighted by molar-refractivity contribution is -0.141. The second kappa shape index (κ2) is 5.36. The number of carbonyl (C=O) groups excluding carboxylic acids is 1. The van der Waals surface area contributed by atoms with E-state index in [1.54, 1.807) is 0 Å². The Morgan fingerprint density at radius 1 is 1.44 bits per heavy atom. The molecule has 0 aromatic carbocycles. The van der Waals surface area contributed by atoms with Crippen molar-refractivity contribution in [1.29, 1.82) is 0 Å². The molecule has 2 heterocycles. The van der Waals surface area contributed by atoms with Gasteiger partial charge in [-0.2, -0.15) is 0 Å². The summed E-state index contributed by atoms with van der Waals surface area (Å²) < 4.78 is 0. The molecule has 2 N–H and O–H groups in total. The predicted molar refractivity (Wildman–Crippen MR) is 69.6 cm³/mol. The van der Waals surface area contributed by atoms with Crippen LogP contribution in [0.3, 0.4) is 0 Å². The van der Waals surface area contributed by atoms with Gasteiger partial charge in [-0.05, 0) is 26.9 Å². The van der Waals surface area contributed by atoms with Crippen LogP contribution in [0.2, 0.25) is 0 Å². The summed E-state index contributed by atoms with van der Waals surface area (Å²) in [6.07, 6.45) is 0.926. The van der Waals surface area contributed by atoms with Gasteiger partial charge in [0.1, 0.15) is 6.04 Å². The van der Waals surface area contributed by atoms with Gasteiger partial charge < -0.3 is 15.3 Å². The highest BCUT2D eigenvalue weighted by Gasteiger charge is 2.40. The number of rotatable bonds is 2. The number of hydrogen-bond donors (Lipinski definition) is 2. The number of aliphatic carboxylic acids is 1. The quantitative estimate of drug-likeness (QED) is 0.754. The zero-order valence-electron chi connectivity index (χ0n) is 10.6. The highest BCUT2D eigenvalue weighted by Crippen LogP contribution is 2.28. The van der Waals surface area contributed by atoms with Crippen molar-refractivity contribution in [2.24, 2.45) is 0 Å². The van der Waals surface area contributed by atoms with Gasteiger partial charge in [0, 0.05) is 18.3 Å². The number of likely N-dealkylation sites (N-methyl/N-ethyl adjacent to an activating group) is 1. The number of likely N-dealkylation sites (tertiary alicyclic amines) is 1. The van der Waals surface area contributed by atoms with Crippen LogP contribution in [0.4, 0.5) is 4.79 Å². The third-order valence-electron chi connectivity index (χ3n) is 3.46. The molecule has 0 aromatic rings. The minimum Gasteiger partial charge on any atom is -0.480 e. The SMILES string of the molecule is CC1SCC(C(=O)O)N1C(=O)NC1CCN(C)C1. The molecule has 102 valence electrons. The summed E-state index contributed by atoms with van der Waals surface area (Å²) in [5, 5.41) is 12.0. The van der Waals surface area contributed by atoms with Gasteiger partial charge in [-0.3, -0.25) is 4.90 Å². The second-order valence-corrected chi connectivity index (χ2v) is 6.24. The van der Waals surface area contributed by atoms with Crippen molar-refractivity contribution >= 4 is 23.8 Å². The molecule has 3 unspecified atom stereocenters. The molecule has 0 bridgehead atoms. The summed E-state index contributed by atoms with van der Waals surface area (Å²) >= 11 is 1.50. The predicted octanol–water partition coefficient (Wildman–Crippen LogP) is 0.248. The van der Waals surface area contributed by atoms with E-state index in [2.05, 4.69) is 10.2 Å². The number of nitrogens with one attached hydrogen (secondary N) is 1. The van der Waals surface area contributed by atoms with Gasteiger partial charge in [-0.1, -0.05) is 0 Å². The van der Waals surface area contributed by atoms with Crippen molar-refractivity contribution in [2.45, 2.75) is 30.8 Å². The standard InChI is InChI=1S/C11H19N3O3S/c1-7-14(9(6-18-7)10(15)16)11(17)12-8-3-4-13(2)5-8/h7-9H,3-6H2,1-2H3,(H,12,17)(H,15,16). The van der Waals surface area contributed by atoms with E-state index >= 15 is 0 Å². The molecule has 3 atom stereocenters.